The number of nitrogens with zero attached hydrogens (tertiary/aromatic N) is 1. The Morgan fingerprint density at radius 3 is 2.93 bits per heavy atom. The van der Waals surface area contributed by atoms with Crippen LogP contribution in [0.5, 0.6) is 0 Å². The molecule has 0 aromatic rings. The van der Waals surface area contributed by atoms with Gasteiger partial charge in [-0.05, 0) is 13.3 Å². The molecule has 2 atom stereocenters. The van der Waals surface area contributed by atoms with Gasteiger partial charge < -0.3 is 15.2 Å². The van der Waals surface area contributed by atoms with Gasteiger partial charge in [-0.15, -0.1) is 0 Å². The number of rotatable bonds is 5. The maximum Gasteiger partial charge on any atom is 0.247 e. The average Bonchev–Trinajstić information content (AvgIpc) is 2.17. The Kier molecular flexibility index (Phi) is 5.01. The molecule has 0 aliphatic carbocycles. The van der Waals surface area contributed by atoms with Gasteiger partial charge in [0.1, 0.15) is 6.10 Å². The monoisotopic (exact) mass is 216 g/mol. The van der Waals surface area contributed by atoms with Crippen molar-refractivity contribution in [3.05, 3.63) is 0 Å². The van der Waals surface area contributed by atoms with Crippen LogP contribution in [0.3, 0.4) is 0 Å². The van der Waals surface area contributed by atoms with Gasteiger partial charge in [0.05, 0.1) is 6.10 Å². The standard InChI is InChI=1S/C10H20N2O3/c1-8-6-12(4-3-5-14-2)7-9(15-8)10(11)13/h8-9H,3-7H2,1-2H3,(H2,11,13)/t8-,9-/m1/s1. The fourth-order valence-electron chi connectivity index (χ4n) is 1.81. The first-order chi connectivity index (χ1) is 7.13. The van der Waals surface area contributed by atoms with Gasteiger partial charge in [-0.1, -0.05) is 0 Å². The smallest absolute Gasteiger partial charge is 0.247 e. The highest BCUT2D eigenvalue weighted by atomic mass is 16.5. The average molecular weight is 216 g/mol. The van der Waals surface area contributed by atoms with E-state index >= 15 is 0 Å². The lowest BCUT2D eigenvalue weighted by atomic mass is 10.2. The summed E-state index contributed by atoms with van der Waals surface area (Å²) in [6.45, 7) is 5.08. The van der Waals surface area contributed by atoms with Crippen LogP contribution in [0.2, 0.25) is 0 Å². The molecule has 0 aromatic heterocycles. The zero-order chi connectivity index (χ0) is 11.3. The number of amides is 1. The molecule has 1 aliphatic heterocycles. The zero-order valence-electron chi connectivity index (χ0n) is 9.44. The van der Waals surface area contributed by atoms with Gasteiger partial charge in [0.15, 0.2) is 0 Å². The molecule has 0 spiro atoms. The van der Waals surface area contributed by atoms with E-state index in [9.17, 15) is 4.79 Å². The Morgan fingerprint density at radius 2 is 2.33 bits per heavy atom. The van der Waals surface area contributed by atoms with E-state index in [2.05, 4.69) is 4.90 Å². The summed E-state index contributed by atoms with van der Waals surface area (Å²) in [6, 6.07) is 0. The van der Waals surface area contributed by atoms with E-state index in [0.717, 1.165) is 26.1 Å². The van der Waals surface area contributed by atoms with Gasteiger partial charge in [0, 0.05) is 33.4 Å². The number of morpholine rings is 1. The molecule has 2 N–H and O–H groups in total. The molecule has 15 heavy (non-hydrogen) atoms. The number of nitrogens with two attached hydrogens (primary N) is 1. The van der Waals surface area contributed by atoms with Crippen molar-refractivity contribution in [2.75, 3.05) is 33.4 Å². The van der Waals surface area contributed by atoms with Crippen molar-refractivity contribution in [1.29, 1.82) is 0 Å². The summed E-state index contributed by atoms with van der Waals surface area (Å²) in [4.78, 5) is 13.2. The van der Waals surface area contributed by atoms with Crippen LogP contribution < -0.4 is 5.73 Å². The van der Waals surface area contributed by atoms with Crippen molar-refractivity contribution < 1.29 is 14.3 Å². The fourth-order valence-corrected chi connectivity index (χ4v) is 1.81. The second kappa shape index (κ2) is 6.05. The molecule has 5 nitrogen and oxygen atoms in total. The predicted octanol–water partition coefficient (Wildman–Crippen LogP) is -0.402. The van der Waals surface area contributed by atoms with Gasteiger partial charge in [-0.25, -0.2) is 0 Å². The number of hydrogen-bond donors (Lipinski definition) is 1. The number of ether oxygens (including phenoxy) is 2. The molecule has 1 aliphatic rings. The SMILES string of the molecule is COCCCN1C[C@@H](C)O[C@@H](C(N)=O)C1. The Balaban J connectivity index is 2.34. The molecule has 0 aromatic carbocycles. The van der Waals surface area contributed by atoms with Crippen LogP contribution in [-0.4, -0.2) is 56.4 Å². The third kappa shape index (κ3) is 4.15. The predicted molar refractivity (Wildman–Crippen MR) is 56.5 cm³/mol. The van der Waals surface area contributed by atoms with E-state index in [1.54, 1.807) is 7.11 Å². The second-order valence-electron chi connectivity index (χ2n) is 3.94. The zero-order valence-corrected chi connectivity index (χ0v) is 9.44. The van der Waals surface area contributed by atoms with E-state index in [1.807, 2.05) is 6.92 Å². The summed E-state index contributed by atoms with van der Waals surface area (Å²) in [7, 11) is 1.69. The lowest BCUT2D eigenvalue weighted by Crippen LogP contribution is -2.51. The molecule has 5 heteroatoms. The van der Waals surface area contributed by atoms with E-state index in [4.69, 9.17) is 15.2 Å². The topological polar surface area (TPSA) is 64.8 Å². The van der Waals surface area contributed by atoms with Crippen molar-refractivity contribution in [1.82, 2.24) is 4.90 Å². The third-order valence-corrected chi connectivity index (χ3v) is 2.48. The van der Waals surface area contributed by atoms with Crippen molar-refractivity contribution in [2.24, 2.45) is 5.73 Å². The van der Waals surface area contributed by atoms with Gasteiger partial charge in [-0.3, -0.25) is 9.69 Å². The fraction of sp³-hybridized carbons (Fsp3) is 0.900. The molecule has 1 saturated heterocycles. The van der Waals surface area contributed by atoms with Crippen molar-refractivity contribution in [2.45, 2.75) is 25.6 Å². The molecule has 1 rings (SSSR count). The lowest BCUT2D eigenvalue weighted by molar-refractivity contribution is -0.142. The molecular formula is C10H20N2O3. The van der Waals surface area contributed by atoms with Gasteiger partial charge >= 0.3 is 0 Å². The van der Waals surface area contributed by atoms with Crippen molar-refractivity contribution >= 4 is 5.91 Å². The molecular weight excluding hydrogens is 196 g/mol. The first-order valence-electron chi connectivity index (χ1n) is 5.29. The van der Waals surface area contributed by atoms with Crippen LogP contribution in [0.15, 0.2) is 0 Å². The molecule has 1 heterocycles. The van der Waals surface area contributed by atoms with Crippen LogP contribution in [0.25, 0.3) is 0 Å². The lowest BCUT2D eigenvalue weighted by Gasteiger charge is -2.35. The first kappa shape index (κ1) is 12.4. The Morgan fingerprint density at radius 1 is 1.60 bits per heavy atom. The van der Waals surface area contributed by atoms with Crippen LogP contribution >= 0.6 is 0 Å². The summed E-state index contributed by atoms with van der Waals surface area (Å²) >= 11 is 0. The highest BCUT2D eigenvalue weighted by Gasteiger charge is 2.28. The van der Waals surface area contributed by atoms with Crippen LogP contribution in [0.1, 0.15) is 13.3 Å². The maximum absolute atomic E-state index is 11.0. The molecule has 0 radical (unpaired) electrons. The van der Waals surface area contributed by atoms with Crippen LogP contribution in [0.4, 0.5) is 0 Å². The van der Waals surface area contributed by atoms with Crippen molar-refractivity contribution in [3.8, 4) is 0 Å². The highest BCUT2D eigenvalue weighted by molar-refractivity contribution is 5.79. The molecule has 1 amide bonds. The first-order valence-corrected chi connectivity index (χ1v) is 5.29. The summed E-state index contributed by atoms with van der Waals surface area (Å²) in [5.74, 6) is -0.377. The largest absolute Gasteiger partial charge is 0.385 e. The number of primary amides is 1. The quantitative estimate of drug-likeness (QED) is 0.635. The molecule has 1 fully saturated rings. The molecule has 0 bridgehead atoms. The maximum atomic E-state index is 11.0. The minimum atomic E-state index is -0.462. The highest BCUT2D eigenvalue weighted by Crippen LogP contribution is 2.11. The summed E-state index contributed by atoms with van der Waals surface area (Å²) in [5, 5.41) is 0. The van der Waals surface area contributed by atoms with Gasteiger partial charge in [0.2, 0.25) is 5.91 Å². The number of methoxy groups -OCH3 is 1. The number of carbonyl (C=O) groups excluding carboxylic acids is 1. The Bertz CT molecular complexity index is 211. The number of hydrogen-bond acceptors (Lipinski definition) is 4. The van der Waals surface area contributed by atoms with Crippen molar-refractivity contribution in [3.63, 3.8) is 0 Å². The second-order valence-corrected chi connectivity index (χ2v) is 3.94. The molecule has 88 valence electrons. The normalized spacial score (nSPS) is 27.9. The third-order valence-electron chi connectivity index (χ3n) is 2.48. The van der Waals surface area contributed by atoms with Gasteiger partial charge in [-0.2, -0.15) is 0 Å². The molecule has 0 saturated carbocycles. The minimum absolute atomic E-state index is 0.0683. The van der Waals surface area contributed by atoms with Crippen LogP contribution in [0, 0.1) is 0 Å². The minimum Gasteiger partial charge on any atom is -0.385 e. The Hall–Kier alpha value is -0.650. The van der Waals surface area contributed by atoms with Crippen LogP contribution in [-0.2, 0) is 14.3 Å². The Labute approximate surface area is 90.5 Å². The summed E-state index contributed by atoms with van der Waals surface area (Å²) in [5.41, 5.74) is 5.23. The van der Waals surface area contributed by atoms with E-state index in [-0.39, 0.29) is 12.0 Å². The van der Waals surface area contributed by atoms with E-state index in [1.165, 1.54) is 0 Å². The molecule has 0 unspecified atom stereocenters. The van der Waals surface area contributed by atoms with Gasteiger partial charge in [0.25, 0.3) is 0 Å². The van der Waals surface area contributed by atoms with E-state index in [0.29, 0.717) is 6.54 Å². The number of carbonyl (C=O) groups is 1. The summed E-state index contributed by atoms with van der Waals surface area (Å²) in [6.07, 6.45) is 0.574. The van der Waals surface area contributed by atoms with E-state index < -0.39 is 6.10 Å². The summed E-state index contributed by atoms with van der Waals surface area (Å²) < 4.78 is 10.4.